The highest BCUT2D eigenvalue weighted by molar-refractivity contribution is 9.11. The summed E-state index contributed by atoms with van der Waals surface area (Å²) in [6.07, 6.45) is 2.14. The summed E-state index contributed by atoms with van der Waals surface area (Å²) in [6, 6.07) is 5.56. The molecule has 16 heavy (non-hydrogen) atoms. The van der Waals surface area contributed by atoms with E-state index < -0.39 is 0 Å². The van der Waals surface area contributed by atoms with Gasteiger partial charge in [-0.05, 0) is 18.2 Å². The van der Waals surface area contributed by atoms with Crippen molar-refractivity contribution in [3.8, 4) is 0 Å². The molecule has 1 aromatic carbocycles. The van der Waals surface area contributed by atoms with E-state index >= 15 is 0 Å². The molecular formula is C11H7Br2NOS. The smallest absolute Gasteiger partial charge is 0.168 e. The van der Waals surface area contributed by atoms with Crippen molar-refractivity contribution in [1.29, 1.82) is 0 Å². The van der Waals surface area contributed by atoms with Gasteiger partial charge in [-0.3, -0.25) is 9.78 Å². The zero-order chi connectivity index (χ0) is 11.5. The van der Waals surface area contributed by atoms with Gasteiger partial charge in [0.25, 0.3) is 0 Å². The highest BCUT2D eigenvalue weighted by Crippen LogP contribution is 2.21. The van der Waals surface area contributed by atoms with Crippen molar-refractivity contribution >= 4 is 49.0 Å². The van der Waals surface area contributed by atoms with E-state index in [9.17, 15) is 4.79 Å². The van der Waals surface area contributed by atoms with Crippen LogP contribution in [-0.2, 0) is 6.42 Å². The molecule has 82 valence electrons. The van der Waals surface area contributed by atoms with Gasteiger partial charge in [0.05, 0.1) is 5.51 Å². The third-order valence-electron chi connectivity index (χ3n) is 2.00. The lowest BCUT2D eigenvalue weighted by molar-refractivity contribution is 0.0993. The Balaban J connectivity index is 2.21. The average Bonchev–Trinajstić information content (AvgIpc) is 2.68. The molecule has 5 heteroatoms. The molecule has 0 atom stereocenters. The van der Waals surface area contributed by atoms with Crippen molar-refractivity contribution < 1.29 is 4.79 Å². The van der Waals surface area contributed by atoms with Crippen LogP contribution >= 0.6 is 43.2 Å². The third kappa shape index (κ3) is 2.99. The van der Waals surface area contributed by atoms with E-state index in [1.54, 1.807) is 11.7 Å². The van der Waals surface area contributed by atoms with Gasteiger partial charge >= 0.3 is 0 Å². The molecule has 0 unspecified atom stereocenters. The molecule has 0 amide bonds. The SMILES string of the molecule is O=C(Cc1cncs1)c1cc(Br)cc(Br)c1. The molecule has 1 heterocycles. The highest BCUT2D eigenvalue weighted by atomic mass is 79.9. The Morgan fingerprint density at radius 1 is 1.25 bits per heavy atom. The molecule has 0 radical (unpaired) electrons. The first-order chi connectivity index (χ1) is 7.65. The van der Waals surface area contributed by atoms with Gasteiger partial charge in [0.1, 0.15) is 0 Å². The number of nitrogens with zero attached hydrogens (tertiary/aromatic N) is 1. The molecule has 0 bridgehead atoms. The van der Waals surface area contributed by atoms with E-state index in [0.717, 1.165) is 13.8 Å². The second kappa shape index (κ2) is 5.21. The van der Waals surface area contributed by atoms with E-state index in [-0.39, 0.29) is 5.78 Å². The van der Waals surface area contributed by atoms with Crippen molar-refractivity contribution in [3.05, 3.63) is 49.3 Å². The first-order valence-corrected chi connectivity index (χ1v) is 6.98. The van der Waals surface area contributed by atoms with Crippen LogP contribution in [0.3, 0.4) is 0 Å². The number of Topliss-reactive ketones (excluding diaryl/α,β-unsaturated/α-hetero) is 1. The minimum absolute atomic E-state index is 0.103. The van der Waals surface area contributed by atoms with E-state index in [1.807, 2.05) is 18.2 Å². The number of ketones is 1. The largest absolute Gasteiger partial charge is 0.294 e. The minimum atomic E-state index is 0.103. The fraction of sp³-hybridized carbons (Fsp3) is 0.0909. The van der Waals surface area contributed by atoms with Crippen molar-refractivity contribution in [1.82, 2.24) is 4.98 Å². The standard InChI is InChI=1S/C11H7Br2NOS/c12-8-1-7(2-9(13)3-8)11(15)4-10-5-14-6-16-10/h1-3,5-6H,4H2. The van der Waals surface area contributed by atoms with Gasteiger partial charge in [-0.25, -0.2) is 0 Å². The van der Waals surface area contributed by atoms with Crippen LogP contribution in [-0.4, -0.2) is 10.8 Å². The Morgan fingerprint density at radius 3 is 2.50 bits per heavy atom. The molecular weight excluding hydrogens is 354 g/mol. The van der Waals surface area contributed by atoms with Crippen LogP contribution in [0, 0.1) is 0 Å². The quantitative estimate of drug-likeness (QED) is 0.771. The highest BCUT2D eigenvalue weighted by Gasteiger charge is 2.09. The first-order valence-electron chi connectivity index (χ1n) is 4.52. The van der Waals surface area contributed by atoms with Gasteiger partial charge in [-0.1, -0.05) is 31.9 Å². The number of thiazole rings is 1. The fourth-order valence-corrected chi connectivity index (χ4v) is 3.19. The molecule has 2 aromatic rings. The normalized spacial score (nSPS) is 10.4. The monoisotopic (exact) mass is 359 g/mol. The number of carbonyl (C=O) groups is 1. The molecule has 0 saturated heterocycles. The van der Waals surface area contributed by atoms with E-state index in [4.69, 9.17) is 0 Å². The summed E-state index contributed by atoms with van der Waals surface area (Å²) in [7, 11) is 0. The third-order valence-corrected chi connectivity index (χ3v) is 3.70. The Labute approximate surface area is 114 Å². The Morgan fingerprint density at radius 2 is 1.94 bits per heavy atom. The number of rotatable bonds is 3. The number of benzene rings is 1. The Kier molecular flexibility index (Phi) is 3.89. The predicted molar refractivity (Wildman–Crippen MR) is 72.0 cm³/mol. The van der Waals surface area contributed by atoms with E-state index in [2.05, 4.69) is 36.8 Å². The first kappa shape index (κ1) is 12.0. The summed E-state index contributed by atoms with van der Waals surface area (Å²) in [5.41, 5.74) is 2.44. The van der Waals surface area contributed by atoms with Gasteiger partial charge in [-0.2, -0.15) is 0 Å². The summed E-state index contributed by atoms with van der Waals surface area (Å²) in [4.78, 5) is 16.9. The molecule has 0 fully saturated rings. The van der Waals surface area contributed by atoms with Crippen LogP contribution in [0.4, 0.5) is 0 Å². The zero-order valence-corrected chi connectivity index (χ0v) is 12.1. The van der Waals surface area contributed by atoms with Gasteiger partial charge in [0, 0.05) is 32.0 Å². The average molecular weight is 361 g/mol. The maximum atomic E-state index is 12.0. The summed E-state index contributed by atoms with van der Waals surface area (Å²) >= 11 is 8.23. The number of hydrogen-bond donors (Lipinski definition) is 0. The van der Waals surface area contributed by atoms with Crippen LogP contribution in [0.15, 0.2) is 38.9 Å². The van der Waals surface area contributed by atoms with Crippen LogP contribution in [0.2, 0.25) is 0 Å². The number of halogens is 2. The summed E-state index contributed by atoms with van der Waals surface area (Å²) in [6.45, 7) is 0. The van der Waals surface area contributed by atoms with Gasteiger partial charge in [0.15, 0.2) is 5.78 Å². The maximum Gasteiger partial charge on any atom is 0.168 e. The molecule has 0 aliphatic rings. The number of carbonyl (C=O) groups excluding carboxylic acids is 1. The topological polar surface area (TPSA) is 30.0 Å². The number of hydrogen-bond acceptors (Lipinski definition) is 3. The fourth-order valence-electron chi connectivity index (χ4n) is 1.30. The summed E-state index contributed by atoms with van der Waals surface area (Å²) in [5.74, 6) is 0.103. The van der Waals surface area contributed by atoms with Gasteiger partial charge < -0.3 is 0 Å². The van der Waals surface area contributed by atoms with E-state index in [1.165, 1.54) is 11.3 Å². The molecule has 0 spiro atoms. The van der Waals surface area contributed by atoms with Gasteiger partial charge in [0.2, 0.25) is 0 Å². The van der Waals surface area contributed by atoms with Crippen LogP contribution in [0.5, 0.6) is 0 Å². The molecule has 0 aliphatic heterocycles. The second-order valence-corrected chi connectivity index (χ2v) is 6.03. The molecule has 2 nitrogen and oxygen atoms in total. The predicted octanol–water partition coefficient (Wildman–Crippen LogP) is 4.09. The minimum Gasteiger partial charge on any atom is -0.294 e. The van der Waals surface area contributed by atoms with E-state index in [0.29, 0.717) is 12.0 Å². The maximum absolute atomic E-state index is 12.0. The second-order valence-electron chi connectivity index (χ2n) is 3.23. The summed E-state index contributed by atoms with van der Waals surface area (Å²) < 4.78 is 1.80. The van der Waals surface area contributed by atoms with Crippen molar-refractivity contribution in [3.63, 3.8) is 0 Å². The molecule has 0 saturated carbocycles. The van der Waals surface area contributed by atoms with Gasteiger partial charge in [-0.15, -0.1) is 11.3 Å². The lowest BCUT2D eigenvalue weighted by Crippen LogP contribution is -2.02. The molecule has 0 N–H and O–H groups in total. The van der Waals surface area contributed by atoms with Crippen molar-refractivity contribution in [2.24, 2.45) is 0 Å². The van der Waals surface area contributed by atoms with Crippen molar-refractivity contribution in [2.75, 3.05) is 0 Å². The summed E-state index contributed by atoms with van der Waals surface area (Å²) in [5, 5.41) is 0. The van der Waals surface area contributed by atoms with Crippen LogP contribution < -0.4 is 0 Å². The molecule has 1 aromatic heterocycles. The lowest BCUT2D eigenvalue weighted by Gasteiger charge is -2.01. The van der Waals surface area contributed by atoms with Crippen LogP contribution in [0.1, 0.15) is 15.2 Å². The molecule has 2 rings (SSSR count). The zero-order valence-electron chi connectivity index (χ0n) is 8.11. The Hall–Kier alpha value is -0.520. The van der Waals surface area contributed by atoms with Crippen molar-refractivity contribution in [2.45, 2.75) is 6.42 Å². The van der Waals surface area contributed by atoms with Crippen LogP contribution in [0.25, 0.3) is 0 Å². The lowest BCUT2D eigenvalue weighted by atomic mass is 10.1. The molecule has 0 aliphatic carbocycles. The number of aromatic nitrogens is 1. The Bertz CT molecular complexity index is 490.